The van der Waals surface area contributed by atoms with Crippen LogP contribution in [0.2, 0.25) is 0 Å². The minimum absolute atomic E-state index is 0.0532. The molecule has 0 amide bonds. The fourth-order valence-electron chi connectivity index (χ4n) is 2.13. The number of anilines is 1. The number of halogens is 1. The maximum Gasteiger partial charge on any atom is 0.245 e. The van der Waals surface area contributed by atoms with Gasteiger partial charge >= 0.3 is 0 Å². The van der Waals surface area contributed by atoms with Crippen molar-refractivity contribution in [1.29, 1.82) is 0 Å². The molecule has 0 bridgehead atoms. The standard InChI is InChI=1S/C13H16FN3O2S/c1-2-5-16-6-8-17(9-7-16)20(18,19)13-10-11(14)3-4-12(13)15/h1,3-4,10H,5-9,15H2. The van der Waals surface area contributed by atoms with Crippen LogP contribution in [0.25, 0.3) is 0 Å². The predicted octanol–water partition coefficient (Wildman–Crippen LogP) is 0.347. The summed E-state index contributed by atoms with van der Waals surface area (Å²) >= 11 is 0. The second-order valence-corrected chi connectivity index (χ2v) is 6.47. The first-order valence-electron chi connectivity index (χ1n) is 6.16. The van der Waals surface area contributed by atoms with E-state index in [-0.39, 0.29) is 10.6 Å². The molecular formula is C13H16FN3O2S. The van der Waals surface area contributed by atoms with Gasteiger partial charge in [-0.3, -0.25) is 4.90 Å². The Kier molecular flexibility index (Phi) is 4.28. The lowest BCUT2D eigenvalue weighted by Crippen LogP contribution is -2.48. The Morgan fingerprint density at radius 2 is 1.95 bits per heavy atom. The smallest absolute Gasteiger partial charge is 0.245 e. The Morgan fingerprint density at radius 3 is 2.55 bits per heavy atom. The molecule has 1 aliphatic heterocycles. The van der Waals surface area contributed by atoms with Crippen molar-refractivity contribution in [1.82, 2.24) is 9.21 Å². The van der Waals surface area contributed by atoms with E-state index in [4.69, 9.17) is 12.2 Å². The van der Waals surface area contributed by atoms with Crippen molar-refractivity contribution in [3.8, 4) is 12.3 Å². The lowest BCUT2D eigenvalue weighted by Gasteiger charge is -2.33. The predicted molar refractivity (Wildman–Crippen MR) is 74.8 cm³/mol. The topological polar surface area (TPSA) is 66.6 Å². The zero-order valence-corrected chi connectivity index (χ0v) is 11.7. The maximum atomic E-state index is 13.2. The fraction of sp³-hybridized carbons (Fsp3) is 0.385. The van der Waals surface area contributed by atoms with Crippen molar-refractivity contribution in [3.63, 3.8) is 0 Å². The van der Waals surface area contributed by atoms with Crippen LogP contribution in [0, 0.1) is 18.2 Å². The van der Waals surface area contributed by atoms with Crippen LogP contribution in [-0.4, -0.2) is 50.3 Å². The Hall–Kier alpha value is -1.62. The average molecular weight is 297 g/mol. The summed E-state index contributed by atoms with van der Waals surface area (Å²) in [6, 6.07) is 3.36. The molecule has 1 saturated heterocycles. The van der Waals surface area contributed by atoms with Gasteiger partial charge in [-0.1, -0.05) is 5.92 Å². The lowest BCUT2D eigenvalue weighted by atomic mass is 10.3. The van der Waals surface area contributed by atoms with E-state index in [9.17, 15) is 12.8 Å². The second-order valence-electron chi connectivity index (χ2n) is 4.57. The van der Waals surface area contributed by atoms with Crippen LogP contribution in [0.3, 0.4) is 0 Å². The summed E-state index contributed by atoms with van der Waals surface area (Å²) in [5, 5.41) is 0. The number of hydrogen-bond donors (Lipinski definition) is 1. The molecule has 1 heterocycles. The number of benzene rings is 1. The molecule has 7 heteroatoms. The zero-order valence-electron chi connectivity index (χ0n) is 10.9. The van der Waals surface area contributed by atoms with Crippen LogP contribution in [0.5, 0.6) is 0 Å². The number of rotatable bonds is 3. The number of hydrogen-bond acceptors (Lipinski definition) is 4. The molecule has 20 heavy (non-hydrogen) atoms. The van der Waals surface area contributed by atoms with Crippen molar-refractivity contribution < 1.29 is 12.8 Å². The highest BCUT2D eigenvalue weighted by molar-refractivity contribution is 7.89. The molecule has 0 unspecified atom stereocenters. The normalized spacial score (nSPS) is 17.8. The Labute approximate surface area is 118 Å². The minimum Gasteiger partial charge on any atom is -0.398 e. The number of sulfonamides is 1. The van der Waals surface area contributed by atoms with Gasteiger partial charge in [0.1, 0.15) is 10.7 Å². The maximum absolute atomic E-state index is 13.2. The summed E-state index contributed by atoms with van der Waals surface area (Å²) in [5.74, 6) is 1.91. The summed E-state index contributed by atoms with van der Waals surface area (Å²) in [6.07, 6.45) is 5.23. The molecule has 108 valence electrons. The third-order valence-corrected chi connectivity index (χ3v) is 5.19. The monoisotopic (exact) mass is 297 g/mol. The van der Waals surface area contributed by atoms with Crippen LogP contribution in [-0.2, 0) is 10.0 Å². The lowest BCUT2D eigenvalue weighted by molar-refractivity contribution is 0.207. The van der Waals surface area contributed by atoms with Gasteiger partial charge in [-0.25, -0.2) is 12.8 Å². The molecule has 1 aromatic rings. The molecule has 0 aliphatic carbocycles. The number of piperazine rings is 1. The molecule has 0 aromatic heterocycles. The quantitative estimate of drug-likeness (QED) is 0.646. The number of nitrogens with zero attached hydrogens (tertiary/aromatic N) is 2. The van der Waals surface area contributed by atoms with Gasteiger partial charge in [0.15, 0.2) is 0 Å². The molecule has 5 nitrogen and oxygen atoms in total. The molecule has 2 N–H and O–H groups in total. The van der Waals surface area contributed by atoms with Crippen molar-refractivity contribution >= 4 is 15.7 Å². The van der Waals surface area contributed by atoms with Crippen molar-refractivity contribution in [3.05, 3.63) is 24.0 Å². The third-order valence-electron chi connectivity index (χ3n) is 3.24. The molecule has 0 spiro atoms. The van der Waals surface area contributed by atoms with E-state index in [1.54, 1.807) is 0 Å². The average Bonchev–Trinajstić information content (AvgIpc) is 2.42. The molecule has 0 radical (unpaired) electrons. The van der Waals surface area contributed by atoms with E-state index < -0.39 is 15.8 Å². The highest BCUT2D eigenvalue weighted by atomic mass is 32.2. The van der Waals surface area contributed by atoms with Crippen LogP contribution in [0.4, 0.5) is 10.1 Å². The number of nitrogen functional groups attached to an aromatic ring is 1. The van der Waals surface area contributed by atoms with Gasteiger partial charge in [0.05, 0.1) is 12.2 Å². The van der Waals surface area contributed by atoms with Gasteiger partial charge in [0.2, 0.25) is 10.0 Å². The van der Waals surface area contributed by atoms with E-state index in [1.807, 2.05) is 4.90 Å². The zero-order chi connectivity index (χ0) is 14.8. The SMILES string of the molecule is C#CCN1CCN(S(=O)(=O)c2cc(F)ccc2N)CC1. The van der Waals surface area contributed by atoms with E-state index >= 15 is 0 Å². The Morgan fingerprint density at radius 1 is 1.30 bits per heavy atom. The van der Waals surface area contributed by atoms with Crippen molar-refractivity contribution in [2.45, 2.75) is 4.90 Å². The van der Waals surface area contributed by atoms with Gasteiger partial charge < -0.3 is 5.73 Å². The van der Waals surface area contributed by atoms with Gasteiger partial charge in [-0.2, -0.15) is 4.31 Å². The van der Waals surface area contributed by atoms with E-state index in [0.29, 0.717) is 32.7 Å². The first kappa shape index (κ1) is 14.8. The Bertz CT molecular complexity index is 632. The van der Waals surface area contributed by atoms with Crippen LogP contribution < -0.4 is 5.73 Å². The highest BCUT2D eigenvalue weighted by Crippen LogP contribution is 2.24. The molecule has 0 saturated carbocycles. The van der Waals surface area contributed by atoms with Crippen molar-refractivity contribution in [2.75, 3.05) is 38.5 Å². The van der Waals surface area contributed by atoms with Crippen LogP contribution in [0.15, 0.2) is 23.1 Å². The molecule has 0 atom stereocenters. The van der Waals surface area contributed by atoms with Gasteiger partial charge in [0.25, 0.3) is 0 Å². The van der Waals surface area contributed by atoms with E-state index in [2.05, 4.69) is 5.92 Å². The second kappa shape index (κ2) is 5.79. The molecule has 1 fully saturated rings. The first-order valence-corrected chi connectivity index (χ1v) is 7.60. The highest BCUT2D eigenvalue weighted by Gasteiger charge is 2.29. The number of terminal acetylenes is 1. The third kappa shape index (κ3) is 2.93. The Balaban J connectivity index is 2.20. The molecular weight excluding hydrogens is 281 g/mol. The summed E-state index contributed by atoms with van der Waals surface area (Å²) in [5.41, 5.74) is 5.70. The molecule has 1 aliphatic rings. The minimum atomic E-state index is -3.76. The molecule has 2 rings (SSSR count). The van der Waals surface area contributed by atoms with Crippen molar-refractivity contribution in [2.24, 2.45) is 0 Å². The fourth-order valence-corrected chi connectivity index (χ4v) is 3.68. The van der Waals surface area contributed by atoms with E-state index in [1.165, 1.54) is 10.4 Å². The number of nitrogens with two attached hydrogens (primary N) is 1. The molecule has 1 aromatic carbocycles. The largest absolute Gasteiger partial charge is 0.398 e. The van der Waals surface area contributed by atoms with Crippen LogP contribution in [0.1, 0.15) is 0 Å². The van der Waals surface area contributed by atoms with Crippen LogP contribution >= 0.6 is 0 Å². The van der Waals surface area contributed by atoms with Gasteiger partial charge in [-0.15, -0.1) is 6.42 Å². The summed E-state index contributed by atoms with van der Waals surface area (Å²) < 4.78 is 39.4. The first-order chi connectivity index (χ1) is 9.45. The van der Waals surface area contributed by atoms with E-state index in [0.717, 1.165) is 12.1 Å². The summed E-state index contributed by atoms with van der Waals surface area (Å²) in [6.45, 7) is 2.24. The summed E-state index contributed by atoms with van der Waals surface area (Å²) in [7, 11) is -3.76. The summed E-state index contributed by atoms with van der Waals surface area (Å²) in [4.78, 5) is 1.81. The van der Waals surface area contributed by atoms with Gasteiger partial charge in [-0.05, 0) is 18.2 Å². The van der Waals surface area contributed by atoms with Gasteiger partial charge in [0, 0.05) is 26.2 Å².